The van der Waals surface area contributed by atoms with Gasteiger partial charge in [-0.25, -0.2) is 12.7 Å². The van der Waals surface area contributed by atoms with Crippen LogP contribution in [0.3, 0.4) is 0 Å². The lowest BCUT2D eigenvalue weighted by Crippen LogP contribution is -2.30. The highest BCUT2D eigenvalue weighted by Gasteiger charge is 2.36. The van der Waals surface area contributed by atoms with Crippen LogP contribution in [0.5, 0.6) is 0 Å². The molecule has 2 rings (SSSR count). The SMILES string of the molecule is CNCc1cc(Br)c(C)c(S(=O)(=O)N(C)CC2CC2C)c1. The summed E-state index contributed by atoms with van der Waals surface area (Å²) < 4.78 is 28.0. The molecule has 6 heteroatoms. The summed E-state index contributed by atoms with van der Waals surface area (Å²) in [5.41, 5.74) is 1.73. The highest BCUT2D eigenvalue weighted by Crippen LogP contribution is 2.39. The Bertz CT molecular complexity index is 631. The Morgan fingerprint density at radius 1 is 1.43 bits per heavy atom. The molecule has 0 amide bonds. The van der Waals surface area contributed by atoms with E-state index in [4.69, 9.17) is 0 Å². The van der Waals surface area contributed by atoms with E-state index in [-0.39, 0.29) is 0 Å². The minimum atomic E-state index is -3.44. The largest absolute Gasteiger partial charge is 0.316 e. The van der Waals surface area contributed by atoms with E-state index in [0.29, 0.717) is 29.8 Å². The van der Waals surface area contributed by atoms with Crippen molar-refractivity contribution in [1.82, 2.24) is 9.62 Å². The Kier molecular flexibility index (Phi) is 5.13. The molecule has 0 spiro atoms. The molecule has 2 unspecified atom stereocenters. The van der Waals surface area contributed by atoms with Crippen LogP contribution in [0, 0.1) is 18.8 Å². The normalized spacial score (nSPS) is 21.8. The van der Waals surface area contributed by atoms with Gasteiger partial charge >= 0.3 is 0 Å². The molecule has 0 radical (unpaired) electrons. The minimum Gasteiger partial charge on any atom is -0.316 e. The van der Waals surface area contributed by atoms with Crippen LogP contribution < -0.4 is 5.32 Å². The van der Waals surface area contributed by atoms with Crippen LogP contribution in [0.4, 0.5) is 0 Å². The molecular weight excluding hydrogens is 352 g/mol. The molecule has 21 heavy (non-hydrogen) atoms. The first-order valence-electron chi connectivity index (χ1n) is 7.17. The molecule has 1 aliphatic rings. The average molecular weight is 375 g/mol. The van der Waals surface area contributed by atoms with Crippen LogP contribution in [0.15, 0.2) is 21.5 Å². The summed E-state index contributed by atoms with van der Waals surface area (Å²) in [7, 11) is 0.0929. The van der Waals surface area contributed by atoms with Gasteiger partial charge in [-0.2, -0.15) is 0 Å². The van der Waals surface area contributed by atoms with Gasteiger partial charge in [-0.1, -0.05) is 22.9 Å². The van der Waals surface area contributed by atoms with Crippen LogP contribution in [-0.2, 0) is 16.6 Å². The van der Waals surface area contributed by atoms with Crippen molar-refractivity contribution in [3.8, 4) is 0 Å². The van der Waals surface area contributed by atoms with E-state index in [2.05, 4.69) is 28.2 Å². The first-order valence-corrected chi connectivity index (χ1v) is 9.40. The Labute approximate surface area is 136 Å². The first kappa shape index (κ1) is 16.9. The van der Waals surface area contributed by atoms with Crippen molar-refractivity contribution in [3.05, 3.63) is 27.7 Å². The highest BCUT2D eigenvalue weighted by atomic mass is 79.9. The second kappa shape index (κ2) is 6.36. The third-order valence-corrected chi connectivity index (χ3v) is 6.97. The van der Waals surface area contributed by atoms with Gasteiger partial charge < -0.3 is 5.32 Å². The molecule has 0 heterocycles. The number of sulfonamides is 1. The van der Waals surface area contributed by atoms with Crippen LogP contribution in [0.1, 0.15) is 24.5 Å². The standard InChI is InChI=1S/C15H23BrN2O2S/c1-10-5-13(10)9-18(4)21(19,20)15-7-12(8-17-3)6-14(16)11(15)2/h6-7,10,13,17H,5,8-9H2,1-4H3. The van der Waals surface area contributed by atoms with Crippen molar-refractivity contribution in [1.29, 1.82) is 0 Å². The van der Waals surface area contributed by atoms with Crippen LogP contribution in [0.2, 0.25) is 0 Å². The number of hydrogen-bond acceptors (Lipinski definition) is 3. The maximum Gasteiger partial charge on any atom is 0.243 e. The van der Waals surface area contributed by atoms with E-state index in [1.165, 1.54) is 4.31 Å². The highest BCUT2D eigenvalue weighted by molar-refractivity contribution is 9.10. The lowest BCUT2D eigenvalue weighted by molar-refractivity contribution is 0.444. The quantitative estimate of drug-likeness (QED) is 0.832. The summed E-state index contributed by atoms with van der Waals surface area (Å²) in [5.74, 6) is 1.15. The van der Waals surface area contributed by atoms with Crippen LogP contribution >= 0.6 is 15.9 Å². The molecule has 0 saturated heterocycles. The van der Waals surface area contributed by atoms with Gasteiger partial charge in [0.15, 0.2) is 0 Å². The van der Waals surface area contributed by atoms with Crippen LogP contribution in [-0.4, -0.2) is 33.4 Å². The van der Waals surface area contributed by atoms with Gasteiger partial charge in [0.1, 0.15) is 0 Å². The number of nitrogens with zero attached hydrogens (tertiary/aromatic N) is 1. The Morgan fingerprint density at radius 2 is 2.05 bits per heavy atom. The van der Waals surface area contributed by atoms with Gasteiger partial charge in [-0.05, 0) is 55.5 Å². The fourth-order valence-corrected chi connectivity index (χ4v) is 4.69. The van der Waals surface area contributed by atoms with E-state index >= 15 is 0 Å². The van der Waals surface area contributed by atoms with Gasteiger partial charge in [0, 0.05) is 24.6 Å². The second-order valence-corrected chi connectivity index (χ2v) is 8.86. The van der Waals surface area contributed by atoms with Crippen molar-refractivity contribution in [3.63, 3.8) is 0 Å². The summed E-state index contributed by atoms with van der Waals surface area (Å²) in [6.07, 6.45) is 1.13. The van der Waals surface area contributed by atoms with Gasteiger partial charge in [-0.3, -0.25) is 0 Å². The smallest absolute Gasteiger partial charge is 0.243 e. The van der Waals surface area contributed by atoms with E-state index in [1.54, 1.807) is 13.1 Å². The second-order valence-electron chi connectivity index (χ2n) is 5.99. The van der Waals surface area contributed by atoms with Crippen LogP contribution in [0.25, 0.3) is 0 Å². The number of hydrogen-bond donors (Lipinski definition) is 1. The minimum absolute atomic E-state index is 0.401. The number of rotatable bonds is 6. The number of nitrogens with one attached hydrogen (secondary N) is 1. The molecular formula is C15H23BrN2O2S. The molecule has 1 saturated carbocycles. The third-order valence-electron chi connectivity index (χ3n) is 4.19. The topological polar surface area (TPSA) is 49.4 Å². The van der Waals surface area contributed by atoms with E-state index in [0.717, 1.165) is 22.0 Å². The Balaban J connectivity index is 2.33. The maximum atomic E-state index is 12.8. The predicted octanol–water partition coefficient (Wildman–Crippen LogP) is 2.75. The Hall–Kier alpha value is -0.430. The molecule has 118 valence electrons. The van der Waals surface area contributed by atoms with E-state index in [1.807, 2.05) is 20.0 Å². The summed E-state index contributed by atoms with van der Waals surface area (Å²) in [4.78, 5) is 0.401. The summed E-state index contributed by atoms with van der Waals surface area (Å²) in [6.45, 7) is 5.26. The maximum absolute atomic E-state index is 12.8. The van der Waals surface area contributed by atoms with Gasteiger partial charge in [0.2, 0.25) is 10.0 Å². The Morgan fingerprint density at radius 3 is 2.57 bits per heavy atom. The van der Waals surface area contributed by atoms with Crippen molar-refractivity contribution < 1.29 is 8.42 Å². The zero-order chi connectivity index (χ0) is 15.8. The molecule has 0 bridgehead atoms. The summed E-state index contributed by atoms with van der Waals surface area (Å²) in [5, 5.41) is 3.06. The van der Waals surface area contributed by atoms with E-state index < -0.39 is 10.0 Å². The molecule has 1 aromatic rings. The fourth-order valence-electron chi connectivity index (χ4n) is 2.53. The molecule has 1 N–H and O–H groups in total. The predicted molar refractivity (Wildman–Crippen MR) is 88.7 cm³/mol. The third kappa shape index (κ3) is 3.67. The summed E-state index contributed by atoms with van der Waals surface area (Å²) >= 11 is 3.47. The van der Waals surface area contributed by atoms with Gasteiger partial charge in [0.05, 0.1) is 4.90 Å². The average Bonchev–Trinajstić information content (AvgIpc) is 3.09. The lowest BCUT2D eigenvalue weighted by atomic mass is 10.1. The molecule has 1 fully saturated rings. The van der Waals surface area contributed by atoms with Crippen molar-refractivity contribution in [2.45, 2.75) is 31.7 Å². The summed E-state index contributed by atoms with van der Waals surface area (Å²) in [6, 6.07) is 3.74. The van der Waals surface area contributed by atoms with Gasteiger partial charge in [0.25, 0.3) is 0 Å². The molecule has 1 aliphatic carbocycles. The van der Waals surface area contributed by atoms with E-state index in [9.17, 15) is 8.42 Å². The van der Waals surface area contributed by atoms with Crippen molar-refractivity contribution >= 4 is 26.0 Å². The fraction of sp³-hybridized carbons (Fsp3) is 0.600. The zero-order valence-corrected chi connectivity index (χ0v) is 15.4. The first-order chi connectivity index (χ1) is 9.77. The molecule has 2 atom stereocenters. The zero-order valence-electron chi connectivity index (χ0n) is 13.0. The van der Waals surface area contributed by atoms with Crippen molar-refractivity contribution in [2.75, 3.05) is 20.6 Å². The molecule has 1 aromatic carbocycles. The molecule has 0 aromatic heterocycles. The molecule has 0 aliphatic heterocycles. The number of benzene rings is 1. The van der Waals surface area contributed by atoms with Gasteiger partial charge in [-0.15, -0.1) is 0 Å². The number of halogens is 1. The lowest BCUT2D eigenvalue weighted by Gasteiger charge is -2.20. The molecule has 4 nitrogen and oxygen atoms in total. The monoisotopic (exact) mass is 374 g/mol. The van der Waals surface area contributed by atoms with Crippen molar-refractivity contribution in [2.24, 2.45) is 11.8 Å².